The van der Waals surface area contributed by atoms with E-state index in [0.29, 0.717) is 10.2 Å². The van der Waals surface area contributed by atoms with Gasteiger partial charge in [-0.25, -0.2) is 4.98 Å². The van der Waals surface area contributed by atoms with Crippen LogP contribution in [0.4, 0.5) is 0 Å². The van der Waals surface area contributed by atoms with Crippen LogP contribution < -0.4 is 0 Å². The molecule has 0 aromatic carbocycles. The van der Waals surface area contributed by atoms with Crippen LogP contribution in [0.25, 0.3) is 0 Å². The molecule has 0 radical (unpaired) electrons. The van der Waals surface area contributed by atoms with Gasteiger partial charge in [-0.2, -0.15) is 0 Å². The summed E-state index contributed by atoms with van der Waals surface area (Å²) >= 11 is 11.9. The first kappa shape index (κ1) is 16.3. The first-order valence-corrected chi connectivity index (χ1v) is 7.47. The summed E-state index contributed by atoms with van der Waals surface area (Å²) in [4.78, 5) is 18.3. The summed E-state index contributed by atoms with van der Waals surface area (Å²) in [5, 5.41) is 0.645. The van der Waals surface area contributed by atoms with E-state index < -0.39 is 0 Å². The Balaban J connectivity index is 2.87. The zero-order chi connectivity index (χ0) is 14.3. The van der Waals surface area contributed by atoms with Crippen molar-refractivity contribution in [3.05, 3.63) is 28.0 Å². The highest BCUT2D eigenvalue weighted by Gasteiger charge is 2.19. The smallest absolute Gasteiger partial charge is 0.274 e. The molecule has 0 aliphatic heterocycles. The summed E-state index contributed by atoms with van der Waals surface area (Å²) in [6, 6.07) is 3.20. The first-order chi connectivity index (χ1) is 9.10. The number of nitrogens with zero attached hydrogens (tertiary/aromatic N) is 2. The Hall–Kier alpha value is -0.800. The molecule has 0 N–H and O–H groups in total. The first-order valence-electron chi connectivity index (χ1n) is 6.71. The van der Waals surface area contributed by atoms with Crippen LogP contribution in [0.15, 0.2) is 12.1 Å². The molecule has 1 heterocycles. The Labute approximate surface area is 124 Å². The van der Waals surface area contributed by atoms with Crippen molar-refractivity contribution >= 4 is 29.1 Å². The highest BCUT2D eigenvalue weighted by atomic mass is 35.5. The van der Waals surface area contributed by atoms with Gasteiger partial charge in [0, 0.05) is 13.1 Å². The Morgan fingerprint density at radius 1 is 1.16 bits per heavy atom. The van der Waals surface area contributed by atoms with Crippen molar-refractivity contribution in [2.24, 2.45) is 0 Å². The predicted molar refractivity (Wildman–Crippen MR) is 80.0 cm³/mol. The highest BCUT2D eigenvalue weighted by Crippen LogP contribution is 2.19. The minimum absolute atomic E-state index is 0.130. The average molecular weight is 303 g/mol. The molecule has 0 saturated carbocycles. The van der Waals surface area contributed by atoms with E-state index in [1.165, 1.54) is 0 Å². The van der Waals surface area contributed by atoms with Gasteiger partial charge in [-0.05, 0) is 25.0 Å². The van der Waals surface area contributed by atoms with Gasteiger partial charge >= 0.3 is 0 Å². The lowest BCUT2D eigenvalue weighted by molar-refractivity contribution is 0.0745. The molecule has 0 saturated heterocycles. The van der Waals surface area contributed by atoms with Crippen LogP contribution in [-0.4, -0.2) is 28.9 Å². The molecule has 1 rings (SSSR count). The van der Waals surface area contributed by atoms with Crippen LogP contribution in [0.2, 0.25) is 10.2 Å². The molecule has 0 spiro atoms. The van der Waals surface area contributed by atoms with Crippen molar-refractivity contribution in [2.45, 2.75) is 39.5 Å². The van der Waals surface area contributed by atoms with Gasteiger partial charge in [-0.1, -0.05) is 49.9 Å². The molecule has 1 aromatic rings. The largest absolute Gasteiger partial charge is 0.337 e. The van der Waals surface area contributed by atoms with Gasteiger partial charge in [0.2, 0.25) is 0 Å². The molecule has 106 valence electrons. The maximum atomic E-state index is 12.4. The number of aromatic nitrogens is 1. The maximum Gasteiger partial charge on any atom is 0.274 e. The second kappa shape index (κ2) is 8.39. The lowest BCUT2D eigenvalue weighted by Gasteiger charge is -2.22. The number of carbonyl (C=O) groups excluding carboxylic acids is 1. The predicted octanol–water partition coefficient (Wildman–Crippen LogP) is 4.43. The molecule has 3 nitrogen and oxygen atoms in total. The number of hydrogen-bond donors (Lipinski definition) is 0. The molecular weight excluding hydrogens is 283 g/mol. The zero-order valence-electron chi connectivity index (χ0n) is 11.5. The summed E-state index contributed by atoms with van der Waals surface area (Å²) in [7, 11) is 0. The number of rotatable bonds is 7. The number of halogens is 2. The molecule has 19 heavy (non-hydrogen) atoms. The topological polar surface area (TPSA) is 33.2 Å². The molecule has 0 unspecified atom stereocenters. The summed E-state index contributed by atoms with van der Waals surface area (Å²) in [5.41, 5.74) is 0.251. The quantitative estimate of drug-likeness (QED) is 0.698. The van der Waals surface area contributed by atoms with Gasteiger partial charge in [0.15, 0.2) is 0 Å². The number of pyridine rings is 1. The lowest BCUT2D eigenvalue weighted by atomic mass is 10.2. The average Bonchev–Trinajstić information content (AvgIpc) is 2.41. The molecule has 5 heteroatoms. The van der Waals surface area contributed by atoms with E-state index in [1.54, 1.807) is 12.1 Å². The molecule has 0 fully saturated rings. The van der Waals surface area contributed by atoms with Crippen LogP contribution in [0.1, 0.15) is 50.0 Å². The van der Waals surface area contributed by atoms with Gasteiger partial charge in [0.25, 0.3) is 5.91 Å². The normalized spacial score (nSPS) is 10.5. The van der Waals surface area contributed by atoms with Gasteiger partial charge in [0.05, 0.1) is 5.02 Å². The second-order valence-electron chi connectivity index (χ2n) is 4.46. The number of carbonyl (C=O) groups is 1. The third-order valence-electron chi connectivity index (χ3n) is 2.86. The van der Waals surface area contributed by atoms with Crippen molar-refractivity contribution in [3.63, 3.8) is 0 Å². The maximum absolute atomic E-state index is 12.4. The molecule has 0 aliphatic rings. The van der Waals surface area contributed by atoms with Gasteiger partial charge in [0.1, 0.15) is 10.8 Å². The Morgan fingerprint density at radius 2 is 1.74 bits per heavy atom. The standard InChI is InChI=1S/C14H20Cl2N2O/c1-3-5-9-18(10-6-4-2)14(19)13-11(15)7-8-12(16)17-13/h7-8H,3-6,9-10H2,1-2H3. The minimum Gasteiger partial charge on any atom is -0.337 e. The van der Waals surface area contributed by atoms with E-state index in [4.69, 9.17) is 23.2 Å². The Bertz CT molecular complexity index is 416. The number of hydrogen-bond acceptors (Lipinski definition) is 2. The van der Waals surface area contributed by atoms with Crippen molar-refractivity contribution in [1.29, 1.82) is 0 Å². The number of amides is 1. The summed E-state index contributed by atoms with van der Waals surface area (Å²) in [6.07, 6.45) is 4.06. The van der Waals surface area contributed by atoms with Gasteiger partial charge < -0.3 is 4.90 Å². The fourth-order valence-corrected chi connectivity index (χ4v) is 2.06. The SMILES string of the molecule is CCCCN(CCCC)C(=O)c1nc(Cl)ccc1Cl. The molecule has 0 bridgehead atoms. The lowest BCUT2D eigenvalue weighted by Crippen LogP contribution is -2.33. The molecule has 0 atom stereocenters. The third kappa shape index (κ3) is 5.00. The van der Waals surface area contributed by atoms with Crippen molar-refractivity contribution in [2.75, 3.05) is 13.1 Å². The van der Waals surface area contributed by atoms with E-state index in [-0.39, 0.29) is 11.6 Å². The monoisotopic (exact) mass is 302 g/mol. The van der Waals surface area contributed by atoms with Crippen LogP contribution in [-0.2, 0) is 0 Å². The van der Waals surface area contributed by atoms with Gasteiger partial charge in [-0.15, -0.1) is 0 Å². The fourth-order valence-electron chi connectivity index (χ4n) is 1.73. The Morgan fingerprint density at radius 3 is 2.26 bits per heavy atom. The van der Waals surface area contributed by atoms with Crippen LogP contribution >= 0.6 is 23.2 Å². The van der Waals surface area contributed by atoms with Crippen molar-refractivity contribution in [3.8, 4) is 0 Å². The van der Waals surface area contributed by atoms with Crippen LogP contribution in [0, 0.1) is 0 Å². The minimum atomic E-state index is -0.130. The van der Waals surface area contributed by atoms with Crippen molar-refractivity contribution in [1.82, 2.24) is 9.88 Å². The van der Waals surface area contributed by atoms with E-state index in [1.807, 2.05) is 4.90 Å². The van der Waals surface area contributed by atoms with E-state index in [2.05, 4.69) is 18.8 Å². The summed E-state index contributed by atoms with van der Waals surface area (Å²) in [5.74, 6) is -0.130. The second-order valence-corrected chi connectivity index (χ2v) is 5.26. The fraction of sp³-hybridized carbons (Fsp3) is 0.571. The molecular formula is C14H20Cl2N2O. The molecule has 1 amide bonds. The number of unbranched alkanes of at least 4 members (excludes halogenated alkanes) is 2. The summed E-state index contributed by atoms with van der Waals surface area (Å²) in [6.45, 7) is 5.68. The van der Waals surface area contributed by atoms with Crippen LogP contribution in [0.5, 0.6) is 0 Å². The Kier molecular flexibility index (Phi) is 7.17. The highest BCUT2D eigenvalue weighted by molar-refractivity contribution is 6.34. The van der Waals surface area contributed by atoms with Gasteiger partial charge in [-0.3, -0.25) is 4.79 Å². The molecule has 1 aromatic heterocycles. The third-order valence-corrected chi connectivity index (χ3v) is 3.38. The van der Waals surface area contributed by atoms with E-state index >= 15 is 0 Å². The zero-order valence-corrected chi connectivity index (χ0v) is 13.0. The summed E-state index contributed by atoms with van der Waals surface area (Å²) < 4.78 is 0. The van der Waals surface area contributed by atoms with E-state index in [9.17, 15) is 4.79 Å². The van der Waals surface area contributed by atoms with Crippen LogP contribution in [0.3, 0.4) is 0 Å². The van der Waals surface area contributed by atoms with E-state index in [0.717, 1.165) is 38.8 Å². The molecule has 0 aliphatic carbocycles. The van der Waals surface area contributed by atoms with Crippen molar-refractivity contribution < 1.29 is 4.79 Å².